The highest BCUT2D eigenvalue weighted by Gasteiger charge is 2.12. The number of fused-ring (bicyclic) bond motifs is 1. The third-order valence-electron chi connectivity index (χ3n) is 2.77. The van der Waals surface area contributed by atoms with E-state index in [0.717, 1.165) is 11.3 Å². The van der Waals surface area contributed by atoms with Gasteiger partial charge in [0.1, 0.15) is 5.82 Å². The van der Waals surface area contributed by atoms with Crippen molar-refractivity contribution in [2.75, 3.05) is 6.61 Å². The van der Waals surface area contributed by atoms with Crippen molar-refractivity contribution in [3.8, 4) is 0 Å². The van der Waals surface area contributed by atoms with Crippen molar-refractivity contribution in [1.29, 1.82) is 0 Å². The average molecular weight is 218 g/mol. The zero-order valence-corrected chi connectivity index (χ0v) is 10.1. The van der Waals surface area contributed by atoms with Crippen molar-refractivity contribution in [1.82, 2.24) is 9.55 Å². The van der Waals surface area contributed by atoms with Crippen LogP contribution in [0.4, 0.5) is 0 Å². The normalized spacial score (nSPS) is 11.6. The molecule has 3 nitrogen and oxygen atoms in total. The summed E-state index contributed by atoms with van der Waals surface area (Å²) in [6.07, 6.45) is 0.617. The summed E-state index contributed by atoms with van der Waals surface area (Å²) in [4.78, 5) is 4.57. The Bertz CT molecular complexity index is 500. The Morgan fingerprint density at radius 2 is 2.12 bits per heavy atom. The first-order valence-corrected chi connectivity index (χ1v) is 5.72. The summed E-state index contributed by atoms with van der Waals surface area (Å²) in [6, 6.07) is 6.64. The quantitative estimate of drug-likeness (QED) is 0.859. The first kappa shape index (κ1) is 11.1. The molecule has 0 aliphatic rings. The summed E-state index contributed by atoms with van der Waals surface area (Å²) in [5.41, 5.74) is 3.42. The van der Waals surface area contributed by atoms with E-state index in [9.17, 15) is 0 Å². The van der Waals surface area contributed by atoms with Gasteiger partial charge in [0.2, 0.25) is 0 Å². The first-order chi connectivity index (χ1) is 7.63. The molecule has 2 aromatic rings. The summed E-state index contributed by atoms with van der Waals surface area (Å²) in [7, 11) is 0. The zero-order valence-electron chi connectivity index (χ0n) is 10.1. The van der Waals surface area contributed by atoms with Gasteiger partial charge in [0.15, 0.2) is 0 Å². The molecule has 0 amide bonds. The fraction of sp³-hybridized carbons (Fsp3) is 0.462. The van der Waals surface area contributed by atoms with E-state index in [1.165, 1.54) is 11.1 Å². The highest BCUT2D eigenvalue weighted by Crippen LogP contribution is 2.22. The molecule has 0 spiro atoms. The van der Waals surface area contributed by atoms with Gasteiger partial charge in [-0.05, 0) is 38.5 Å². The number of aliphatic hydroxyl groups is 1. The number of imidazole rings is 1. The van der Waals surface area contributed by atoms with Crippen LogP contribution < -0.4 is 0 Å². The van der Waals surface area contributed by atoms with Gasteiger partial charge in [-0.1, -0.05) is 6.07 Å². The molecule has 1 aromatic carbocycles. The molecule has 0 unspecified atom stereocenters. The molecule has 86 valence electrons. The number of benzene rings is 1. The fourth-order valence-corrected chi connectivity index (χ4v) is 2.11. The van der Waals surface area contributed by atoms with Crippen LogP contribution in [-0.2, 0) is 6.42 Å². The molecule has 0 atom stereocenters. The minimum Gasteiger partial charge on any atom is -0.396 e. The SMILES string of the molecule is Cc1ccc2nc(CCO)n(C(C)C)c2c1. The van der Waals surface area contributed by atoms with E-state index in [0.29, 0.717) is 12.5 Å². The lowest BCUT2D eigenvalue weighted by atomic mass is 10.2. The number of hydrogen-bond donors (Lipinski definition) is 1. The minimum atomic E-state index is 0.148. The average Bonchev–Trinajstić information content (AvgIpc) is 2.55. The zero-order chi connectivity index (χ0) is 11.7. The second-order valence-corrected chi connectivity index (χ2v) is 4.46. The Kier molecular flexibility index (Phi) is 2.97. The fourth-order valence-electron chi connectivity index (χ4n) is 2.11. The van der Waals surface area contributed by atoms with Gasteiger partial charge < -0.3 is 9.67 Å². The molecule has 2 rings (SSSR count). The summed E-state index contributed by atoms with van der Waals surface area (Å²) < 4.78 is 2.21. The number of aryl methyl sites for hydroxylation is 1. The van der Waals surface area contributed by atoms with Crippen LogP contribution in [0.15, 0.2) is 18.2 Å². The van der Waals surface area contributed by atoms with Crippen LogP contribution in [0.5, 0.6) is 0 Å². The van der Waals surface area contributed by atoms with Crippen LogP contribution in [0, 0.1) is 6.92 Å². The van der Waals surface area contributed by atoms with Gasteiger partial charge >= 0.3 is 0 Å². The highest BCUT2D eigenvalue weighted by atomic mass is 16.3. The summed E-state index contributed by atoms with van der Waals surface area (Å²) in [5.74, 6) is 0.970. The Hall–Kier alpha value is -1.35. The van der Waals surface area contributed by atoms with E-state index in [4.69, 9.17) is 5.11 Å². The van der Waals surface area contributed by atoms with Gasteiger partial charge in [-0.3, -0.25) is 0 Å². The molecule has 3 heteroatoms. The van der Waals surface area contributed by atoms with Crippen LogP contribution in [0.1, 0.15) is 31.3 Å². The van der Waals surface area contributed by atoms with Crippen molar-refractivity contribution in [3.63, 3.8) is 0 Å². The molecule has 0 aliphatic carbocycles. The van der Waals surface area contributed by atoms with E-state index in [-0.39, 0.29) is 6.61 Å². The first-order valence-electron chi connectivity index (χ1n) is 5.72. The summed E-state index contributed by atoms with van der Waals surface area (Å²) in [6.45, 7) is 6.52. The van der Waals surface area contributed by atoms with Crippen molar-refractivity contribution in [3.05, 3.63) is 29.6 Å². The number of rotatable bonds is 3. The lowest BCUT2D eigenvalue weighted by Gasteiger charge is -2.12. The smallest absolute Gasteiger partial charge is 0.112 e. The monoisotopic (exact) mass is 218 g/mol. The molecule has 0 saturated heterocycles. The van der Waals surface area contributed by atoms with E-state index in [1.54, 1.807) is 0 Å². The molecule has 1 aromatic heterocycles. The molecule has 1 N–H and O–H groups in total. The Labute approximate surface area is 95.7 Å². The van der Waals surface area contributed by atoms with Crippen LogP contribution in [0.3, 0.4) is 0 Å². The number of nitrogens with zero attached hydrogens (tertiary/aromatic N) is 2. The number of aliphatic hydroxyl groups excluding tert-OH is 1. The van der Waals surface area contributed by atoms with Gasteiger partial charge in [-0.15, -0.1) is 0 Å². The molecule has 0 bridgehead atoms. The van der Waals surface area contributed by atoms with Crippen molar-refractivity contribution in [2.24, 2.45) is 0 Å². The molecule has 0 aliphatic heterocycles. The van der Waals surface area contributed by atoms with E-state index < -0.39 is 0 Å². The van der Waals surface area contributed by atoms with Gasteiger partial charge in [0.25, 0.3) is 0 Å². The predicted octanol–water partition coefficient (Wildman–Crippen LogP) is 2.46. The Morgan fingerprint density at radius 3 is 2.75 bits per heavy atom. The maximum atomic E-state index is 9.05. The van der Waals surface area contributed by atoms with Crippen LogP contribution in [0.25, 0.3) is 11.0 Å². The van der Waals surface area contributed by atoms with Crippen molar-refractivity contribution >= 4 is 11.0 Å². The summed E-state index contributed by atoms with van der Waals surface area (Å²) >= 11 is 0. The van der Waals surface area contributed by atoms with Crippen LogP contribution in [0.2, 0.25) is 0 Å². The maximum absolute atomic E-state index is 9.05. The second kappa shape index (κ2) is 4.26. The summed E-state index contributed by atoms with van der Waals surface area (Å²) in [5, 5.41) is 9.05. The molecule has 0 saturated carbocycles. The van der Waals surface area contributed by atoms with Crippen LogP contribution >= 0.6 is 0 Å². The van der Waals surface area contributed by atoms with E-state index >= 15 is 0 Å². The lowest BCUT2D eigenvalue weighted by molar-refractivity contribution is 0.294. The van der Waals surface area contributed by atoms with Crippen molar-refractivity contribution < 1.29 is 5.11 Å². The van der Waals surface area contributed by atoms with Gasteiger partial charge in [-0.2, -0.15) is 0 Å². The third-order valence-corrected chi connectivity index (χ3v) is 2.77. The third kappa shape index (κ3) is 1.83. The van der Waals surface area contributed by atoms with Crippen molar-refractivity contribution in [2.45, 2.75) is 33.2 Å². The largest absolute Gasteiger partial charge is 0.396 e. The van der Waals surface area contributed by atoms with E-state index in [1.807, 2.05) is 6.07 Å². The highest BCUT2D eigenvalue weighted by molar-refractivity contribution is 5.77. The Morgan fingerprint density at radius 1 is 1.38 bits per heavy atom. The standard InChI is InChI=1S/C13H18N2O/c1-9(2)15-12-8-10(3)4-5-11(12)14-13(15)6-7-16/h4-5,8-9,16H,6-7H2,1-3H3. The minimum absolute atomic E-state index is 0.148. The molecule has 1 heterocycles. The topological polar surface area (TPSA) is 38.1 Å². The molecule has 16 heavy (non-hydrogen) atoms. The predicted molar refractivity (Wildman–Crippen MR) is 65.6 cm³/mol. The molecular formula is C13H18N2O. The second-order valence-electron chi connectivity index (χ2n) is 4.46. The van der Waals surface area contributed by atoms with Crippen LogP contribution in [-0.4, -0.2) is 21.3 Å². The molecule has 0 radical (unpaired) electrons. The molecule has 0 fully saturated rings. The maximum Gasteiger partial charge on any atom is 0.112 e. The van der Waals surface area contributed by atoms with Gasteiger partial charge in [-0.25, -0.2) is 4.98 Å². The molecular weight excluding hydrogens is 200 g/mol. The van der Waals surface area contributed by atoms with Gasteiger partial charge in [0, 0.05) is 12.5 Å². The van der Waals surface area contributed by atoms with Gasteiger partial charge in [0.05, 0.1) is 17.6 Å². The number of aromatic nitrogens is 2. The lowest BCUT2D eigenvalue weighted by Crippen LogP contribution is -2.07. The number of hydrogen-bond acceptors (Lipinski definition) is 2. The Balaban J connectivity index is 2.67. The van der Waals surface area contributed by atoms with E-state index in [2.05, 4.69) is 42.5 Å².